The van der Waals surface area contributed by atoms with E-state index in [1.807, 2.05) is 6.92 Å². The minimum atomic E-state index is -2.47. The first-order valence-electron chi connectivity index (χ1n) is 7.24. The molecule has 1 unspecified atom stereocenters. The van der Waals surface area contributed by atoms with Gasteiger partial charge in [-0.3, -0.25) is 0 Å². The van der Waals surface area contributed by atoms with Gasteiger partial charge in [0.05, 0.1) is 0 Å². The van der Waals surface area contributed by atoms with Crippen LogP contribution in [0.3, 0.4) is 0 Å². The summed E-state index contributed by atoms with van der Waals surface area (Å²) in [5.74, 6) is 0. The van der Waals surface area contributed by atoms with Crippen molar-refractivity contribution in [3.8, 4) is 0 Å². The molecule has 6 heteroatoms. The van der Waals surface area contributed by atoms with Gasteiger partial charge in [-0.2, -0.15) is 0 Å². The highest BCUT2D eigenvalue weighted by molar-refractivity contribution is 5.68. The number of ether oxygens (including phenoxy) is 1. The molecule has 4 nitrogen and oxygen atoms in total. The number of carbonyl (C=O) groups is 1. The predicted molar refractivity (Wildman–Crippen MR) is 81.9 cm³/mol. The van der Waals surface area contributed by atoms with Crippen LogP contribution >= 0.6 is 0 Å². The van der Waals surface area contributed by atoms with Crippen molar-refractivity contribution in [3.63, 3.8) is 0 Å². The molecule has 1 aromatic rings. The van der Waals surface area contributed by atoms with E-state index in [2.05, 4.69) is 10.6 Å². The average molecular weight is 314 g/mol. The molecule has 0 bridgehead atoms. The van der Waals surface area contributed by atoms with Gasteiger partial charge in [-0.05, 0) is 39.3 Å². The summed E-state index contributed by atoms with van der Waals surface area (Å²) >= 11 is 0. The van der Waals surface area contributed by atoms with Crippen molar-refractivity contribution in [2.45, 2.75) is 52.3 Å². The predicted octanol–water partition coefficient (Wildman–Crippen LogP) is 3.63. The molecule has 0 aliphatic heterocycles. The van der Waals surface area contributed by atoms with Crippen molar-refractivity contribution in [2.75, 3.05) is 6.54 Å². The molecule has 1 atom stereocenters. The Morgan fingerprint density at radius 2 is 2.00 bits per heavy atom. The Balaban J connectivity index is 2.34. The summed E-state index contributed by atoms with van der Waals surface area (Å²) in [7, 11) is 0. The zero-order chi connectivity index (χ0) is 16.8. The van der Waals surface area contributed by atoms with Crippen LogP contribution in [0.5, 0.6) is 0 Å². The largest absolute Gasteiger partial charge is 0.444 e. The van der Waals surface area contributed by atoms with Crippen LogP contribution in [-0.2, 0) is 11.3 Å². The fraction of sp³-hybridized carbons (Fsp3) is 0.562. The second kappa shape index (κ2) is 8.08. The quantitative estimate of drug-likeness (QED) is 0.843. The third-order valence-corrected chi connectivity index (χ3v) is 2.75. The van der Waals surface area contributed by atoms with Crippen LogP contribution in [0.15, 0.2) is 24.3 Å². The molecular formula is C16H24F2N2O2. The average Bonchev–Trinajstić information content (AvgIpc) is 2.36. The van der Waals surface area contributed by atoms with Crippen LogP contribution in [0.4, 0.5) is 13.6 Å². The number of rotatable bonds is 6. The Kier molecular flexibility index (Phi) is 6.74. The number of halogens is 2. The summed E-state index contributed by atoms with van der Waals surface area (Å²) in [6.07, 6.45) is -2.94. The van der Waals surface area contributed by atoms with Crippen molar-refractivity contribution in [1.29, 1.82) is 0 Å². The van der Waals surface area contributed by atoms with Gasteiger partial charge in [0.15, 0.2) is 0 Å². The molecule has 2 N–H and O–H groups in total. The zero-order valence-corrected chi connectivity index (χ0v) is 13.5. The Bertz CT molecular complexity index is 487. The first-order chi connectivity index (χ1) is 10.2. The molecular weight excluding hydrogens is 290 g/mol. The van der Waals surface area contributed by atoms with Crippen LogP contribution in [0.25, 0.3) is 0 Å². The molecule has 0 saturated heterocycles. The monoisotopic (exact) mass is 314 g/mol. The number of nitrogens with one attached hydrogen (secondary N) is 2. The van der Waals surface area contributed by atoms with E-state index in [0.717, 1.165) is 5.56 Å². The molecule has 0 aliphatic carbocycles. The number of benzene rings is 1. The lowest BCUT2D eigenvalue weighted by Crippen LogP contribution is -2.42. The third-order valence-electron chi connectivity index (χ3n) is 2.75. The van der Waals surface area contributed by atoms with E-state index in [4.69, 9.17) is 4.74 Å². The first kappa shape index (κ1) is 18.4. The van der Waals surface area contributed by atoms with Gasteiger partial charge in [-0.15, -0.1) is 0 Å². The number of amides is 1. The summed E-state index contributed by atoms with van der Waals surface area (Å²) in [6, 6.07) is 6.14. The smallest absolute Gasteiger partial charge is 0.407 e. The molecule has 1 amide bonds. The summed E-state index contributed by atoms with van der Waals surface area (Å²) in [6.45, 7) is 8.20. The van der Waals surface area contributed by atoms with E-state index in [0.29, 0.717) is 13.1 Å². The van der Waals surface area contributed by atoms with Crippen LogP contribution in [0.1, 0.15) is 45.2 Å². The van der Waals surface area contributed by atoms with E-state index in [-0.39, 0.29) is 11.6 Å². The van der Waals surface area contributed by atoms with E-state index in [1.165, 1.54) is 12.1 Å². The highest BCUT2D eigenvalue weighted by atomic mass is 19.3. The topological polar surface area (TPSA) is 50.4 Å². The van der Waals surface area contributed by atoms with E-state index in [1.54, 1.807) is 32.9 Å². The lowest BCUT2D eigenvalue weighted by atomic mass is 10.1. The Labute approximate surface area is 130 Å². The molecule has 1 aromatic carbocycles. The fourth-order valence-electron chi connectivity index (χ4n) is 1.83. The maximum absolute atomic E-state index is 12.6. The second-order valence-corrected chi connectivity index (χ2v) is 6.22. The fourth-order valence-corrected chi connectivity index (χ4v) is 1.83. The van der Waals surface area contributed by atoms with Gasteiger partial charge >= 0.3 is 6.09 Å². The maximum Gasteiger partial charge on any atom is 0.407 e. The van der Waals surface area contributed by atoms with Crippen molar-refractivity contribution >= 4 is 6.09 Å². The molecule has 22 heavy (non-hydrogen) atoms. The lowest BCUT2D eigenvalue weighted by molar-refractivity contribution is 0.0508. The van der Waals surface area contributed by atoms with Crippen molar-refractivity contribution in [2.24, 2.45) is 0 Å². The van der Waals surface area contributed by atoms with E-state index in [9.17, 15) is 13.6 Å². The van der Waals surface area contributed by atoms with Crippen LogP contribution in [0, 0.1) is 0 Å². The minimum Gasteiger partial charge on any atom is -0.444 e. The number of carbonyl (C=O) groups excluding carboxylic acids is 1. The number of alkyl halides is 2. The minimum absolute atomic E-state index is 0.0132. The van der Waals surface area contributed by atoms with Gasteiger partial charge in [-0.1, -0.05) is 18.2 Å². The summed E-state index contributed by atoms with van der Waals surface area (Å²) in [5, 5.41) is 5.83. The molecule has 0 fully saturated rings. The zero-order valence-electron chi connectivity index (χ0n) is 13.5. The van der Waals surface area contributed by atoms with Gasteiger partial charge in [0.2, 0.25) is 0 Å². The van der Waals surface area contributed by atoms with Crippen molar-refractivity contribution < 1.29 is 18.3 Å². The van der Waals surface area contributed by atoms with Crippen molar-refractivity contribution in [1.82, 2.24) is 10.6 Å². The highest BCUT2D eigenvalue weighted by Crippen LogP contribution is 2.19. The van der Waals surface area contributed by atoms with Crippen LogP contribution < -0.4 is 10.6 Å². The molecule has 0 spiro atoms. The Morgan fingerprint density at radius 3 is 2.59 bits per heavy atom. The second-order valence-electron chi connectivity index (χ2n) is 6.22. The van der Waals surface area contributed by atoms with E-state index < -0.39 is 18.1 Å². The summed E-state index contributed by atoms with van der Waals surface area (Å²) < 4.78 is 30.3. The number of alkyl carbamates (subject to hydrolysis) is 1. The third kappa shape index (κ3) is 7.36. The summed E-state index contributed by atoms with van der Waals surface area (Å²) in [4.78, 5) is 11.6. The molecule has 0 aromatic heterocycles. The standard InChI is InChI=1S/C16H24F2N2O2/c1-11(20-15(21)22-16(2,3)4)9-19-10-12-6-5-7-13(8-12)14(17)18/h5-8,11,14,19H,9-10H2,1-4H3,(H,20,21). The normalized spacial score (nSPS) is 13.0. The van der Waals surface area contributed by atoms with Crippen LogP contribution in [0.2, 0.25) is 0 Å². The molecule has 124 valence electrons. The number of hydrogen-bond donors (Lipinski definition) is 2. The highest BCUT2D eigenvalue weighted by Gasteiger charge is 2.17. The first-order valence-corrected chi connectivity index (χ1v) is 7.24. The van der Waals surface area contributed by atoms with Gasteiger partial charge in [0.25, 0.3) is 6.43 Å². The van der Waals surface area contributed by atoms with Crippen LogP contribution in [-0.4, -0.2) is 24.3 Å². The maximum atomic E-state index is 12.6. The molecule has 1 rings (SSSR count). The molecule has 0 saturated carbocycles. The Morgan fingerprint density at radius 1 is 1.32 bits per heavy atom. The molecule has 0 heterocycles. The molecule has 0 aliphatic rings. The lowest BCUT2D eigenvalue weighted by Gasteiger charge is -2.22. The Hall–Kier alpha value is -1.69. The number of hydrogen-bond acceptors (Lipinski definition) is 3. The molecule has 0 radical (unpaired) electrons. The summed E-state index contributed by atoms with van der Waals surface area (Å²) in [5.41, 5.74) is 0.258. The van der Waals surface area contributed by atoms with E-state index >= 15 is 0 Å². The van der Waals surface area contributed by atoms with Gasteiger partial charge in [-0.25, -0.2) is 13.6 Å². The van der Waals surface area contributed by atoms with Gasteiger partial charge in [0, 0.05) is 24.7 Å². The van der Waals surface area contributed by atoms with Gasteiger partial charge < -0.3 is 15.4 Å². The van der Waals surface area contributed by atoms with Crippen molar-refractivity contribution in [3.05, 3.63) is 35.4 Å². The SMILES string of the molecule is CC(CNCc1cccc(C(F)F)c1)NC(=O)OC(C)(C)C. The van der Waals surface area contributed by atoms with Gasteiger partial charge in [0.1, 0.15) is 5.60 Å².